The van der Waals surface area contributed by atoms with Gasteiger partial charge in [0, 0.05) is 32.5 Å². The van der Waals surface area contributed by atoms with Crippen molar-refractivity contribution in [1.29, 1.82) is 0 Å². The fourth-order valence-corrected chi connectivity index (χ4v) is 4.99. The van der Waals surface area contributed by atoms with Crippen LogP contribution in [0.3, 0.4) is 0 Å². The topological polar surface area (TPSA) is 93.7 Å². The van der Waals surface area contributed by atoms with Gasteiger partial charge in [-0.25, -0.2) is 4.79 Å². The molecule has 0 radical (unpaired) electrons. The fraction of sp³-hybridized carbons (Fsp3) is 0.708. The van der Waals surface area contributed by atoms with Gasteiger partial charge < -0.3 is 33.2 Å². The first kappa shape index (κ1) is 24.4. The molecule has 4 rings (SSSR count). The fourth-order valence-electron chi connectivity index (χ4n) is 4.99. The normalized spacial score (nSPS) is 35.6. The molecule has 0 spiro atoms. The second kappa shape index (κ2) is 10.7. The van der Waals surface area contributed by atoms with E-state index in [9.17, 15) is 4.79 Å². The van der Waals surface area contributed by atoms with Crippen molar-refractivity contribution in [1.82, 2.24) is 5.32 Å². The summed E-state index contributed by atoms with van der Waals surface area (Å²) in [7, 11) is 3.33. The number of ether oxygens (including phenoxy) is 7. The van der Waals surface area contributed by atoms with Crippen LogP contribution < -0.4 is 5.32 Å². The van der Waals surface area contributed by atoms with E-state index in [-0.39, 0.29) is 43.4 Å². The number of nitrogens with one attached hydrogen (secondary N) is 1. The zero-order valence-corrected chi connectivity index (χ0v) is 19.7. The van der Waals surface area contributed by atoms with Gasteiger partial charge >= 0.3 is 6.09 Å². The Morgan fingerprint density at radius 1 is 1.06 bits per heavy atom. The van der Waals surface area contributed by atoms with Gasteiger partial charge in [-0.3, -0.25) is 5.32 Å². The number of fused-ring (bicyclic) bond motifs is 1. The molecule has 3 heterocycles. The summed E-state index contributed by atoms with van der Waals surface area (Å²) in [5.41, 5.74) is 0.555. The molecular formula is C24H35NO8. The smallest absolute Gasteiger partial charge is 0.409 e. The predicted molar refractivity (Wildman–Crippen MR) is 117 cm³/mol. The van der Waals surface area contributed by atoms with Gasteiger partial charge in [0.1, 0.15) is 25.6 Å². The Labute approximate surface area is 194 Å². The number of amides is 1. The van der Waals surface area contributed by atoms with Crippen molar-refractivity contribution in [3.8, 4) is 0 Å². The molecule has 1 N–H and O–H groups in total. The van der Waals surface area contributed by atoms with Crippen LogP contribution in [0.25, 0.3) is 0 Å². The maximum absolute atomic E-state index is 12.5. The molecule has 184 valence electrons. The van der Waals surface area contributed by atoms with Crippen LogP contribution in [-0.2, 0) is 39.8 Å². The van der Waals surface area contributed by atoms with Crippen molar-refractivity contribution in [2.75, 3.05) is 21.0 Å². The number of carbonyl (C=O) groups is 1. The summed E-state index contributed by atoms with van der Waals surface area (Å²) in [6, 6.07) is 9.50. The first-order valence-electron chi connectivity index (χ1n) is 11.5. The number of hydrogen-bond acceptors (Lipinski definition) is 8. The second-order valence-electron chi connectivity index (χ2n) is 9.35. The Balaban J connectivity index is 1.42. The van der Waals surface area contributed by atoms with Gasteiger partial charge in [0.25, 0.3) is 0 Å². The van der Waals surface area contributed by atoms with Gasteiger partial charge in [0.05, 0.1) is 18.3 Å². The molecule has 0 aliphatic carbocycles. The van der Waals surface area contributed by atoms with Gasteiger partial charge in [-0.1, -0.05) is 44.2 Å². The van der Waals surface area contributed by atoms with Gasteiger partial charge in [-0.2, -0.15) is 0 Å². The first-order chi connectivity index (χ1) is 15.9. The molecule has 3 aliphatic heterocycles. The molecular weight excluding hydrogens is 430 g/mol. The average Bonchev–Trinajstić information content (AvgIpc) is 3.27. The van der Waals surface area contributed by atoms with Crippen LogP contribution in [0.2, 0.25) is 0 Å². The van der Waals surface area contributed by atoms with Crippen LogP contribution in [0, 0.1) is 5.41 Å². The molecule has 9 heteroatoms. The Hall–Kier alpha value is -1.75. The zero-order valence-electron chi connectivity index (χ0n) is 19.7. The lowest BCUT2D eigenvalue weighted by atomic mass is 9.72. The average molecular weight is 466 g/mol. The van der Waals surface area contributed by atoms with Gasteiger partial charge in [-0.15, -0.1) is 0 Å². The van der Waals surface area contributed by atoms with Crippen LogP contribution in [0.1, 0.15) is 38.7 Å². The molecule has 3 saturated heterocycles. The molecule has 3 fully saturated rings. The monoisotopic (exact) mass is 465 g/mol. The third kappa shape index (κ3) is 5.50. The Morgan fingerprint density at radius 2 is 1.85 bits per heavy atom. The minimum absolute atomic E-state index is 0.0238. The molecule has 7 atom stereocenters. The molecule has 9 nitrogen and oxygen atoms in total. The first-order valence-corrected chi connectivity index (χ1v) is 11.5. The highest BCUT2D eigenvalue weighted by atomic mass is 16.7. The summed E-state index contributed by atoms with van der Waals surface area (Å²) in [6.45, 7) is 4.41. The van der Waals surface area contributed by atoms with Crippen LogP contribution >= 0.6 is 0 Å². The van der Waals surface area contributed by atoms with Crippen molar-refractivity contribution < 1.29 is 38.0 Å². The number of methoxy groups -OCH3 is 2. The van der Waals surface area contributed by atoms with E-state index in [4.69, 9.17) is 33.2 Å². The lowest BCUT2D eigenvalue weighted by molar-refractivity contribution is -0.331. The van der Waals surface area contributed by atoms with E-state index in [0.29, 0.717) is 6.42 Å². The Kier molecular flexibility index (Phi) is 7.88. The third-order valence-electron chi connectivity index (χ3n) is 6.85. The predicted octanol–water partition coefficient (Wildman–Crippen LogP) is 2.96. The van der Waals surface area contributed by atoms with Crippen molar-refractivity contribution in [3.63, 3.8) is 0 Å². The lowest BCUT2D eigenvalue weighted by Gasteiger charge is -2.54. The maximum atomic E-state index is 12.5. The summed E-state index contributed by atoms with van der Waals surface area (Å²) in [5.74, 6) is 0. The second-order valence-corrected chi connectivity index (χ2v) is 9.35. The minimum Gasteiger partial charge on any atom is -0.445 e. The van der Waals surface area contributed by atoms with Crippen LogP contribution in [0.5, 0.6) is 0 Å². The Bertz CT molecular complexity index is 775. The van der Waals surface area contributed by atoms with Crippen LogP contribution in [0.4, 0.5) is 4.79 Å². The lowest BCUT2D eigenvalue weighted by Crippen LogP contribution is -2.68. The van der Waals surface area contributed by atoms with Gasteiger partial charge in [-0.05, 0) is 12.0 Å². The molecule has 0 saturated carbocycles. The van der Waals surface area contributed by atoms with Crippen molar-refractivity contribution in [2.45, 2.75) is 82.8 Å². The van der Waals surface area contributed by atoms with E-state index >= 15 is 0 Å². The molecule has 33 heavy (non-hydrogen) atoms. The Morgan fingerprint density at radius 3 is 2.55 bits per heavy atom. The quantitative estimate of drug-likeness (QED) is 0.657. The number of carbonyl (C=O) groups excluding carboxylic acids is 1. The highest BCUT2D eigenvalue weighted by molar-refractivity contribution is 5.67. The molecule has 0 bridgehead atoms. The van der Waals surface area contributed by atoms with E-state index in [1.807, 2.05) is 30.3 Å². The van der Waals surface area contributed by atoms with E-state index in [2.05, 4.69) is 19.2 Å². The molecule has 2 unspecified atom stereocenters. The highest BCUT2D eigenvalue weighted by Gasteiger charge is 2.56. The molecule has 1 amide bonds. The van der Waals surface area contributed by atoms with Crippen molar-refractivity contribution in [3.05, 3.63) is 35.9 Å². The van der Waals surface area contributed by atoms with Crippen molar-refractivity contribution in [2.24, 2.45) is 5.41 Å². The molecule has 3 aliphatic rings. The largest absolute Gasteiger partial charge is 0.445 e. The number of alkyl carbamates (subject to hydrolysis) is 1. The standard InChI is InChI=1S/C24H35NO8/c1-24(2)17(12-16-10-11-18(27-3)32-16)33-20-19(21(24)28-4)30-14-31-22(20)25-23(26)29-13-15-8-6-5-7-9-15/h5-9,16-22H,10-14H2,1-4H3,(H,25,26)/t16-,17-,18?,19+,20+,21-,22?/m1/s1. The van der Waals surface area contributed by atoms with Gasteiger partial charge in [0.2, 0.25) is 0 Å². The van der Waals surface area contributed by atoms with Crippen LogP contribution in [0.15, 0.2) is 30.3 Å². The molecule has 1 aromatic carbocycles. The van der Waals surface area contributed by atoms with E-state index in [1.165, 1.54) is 0 Å². The number of benzene rings is 1. The van der Waals surface area contributed by atoms with E-state index in [1.54, 1.807) is 14.2 Å². The maximum Gasteiger partial charge on any atom is 0.409 e. The zero-order chi connectivity index (χ0) is 23.4. The third-order valence-corrected chi connectivity index (χ3v) is 6.85. The van der Waals surface area contributed by atoms with Crippen LogP contribution in [-0.4, -0.2) is 70.1 Å². The molecule has 0 aromatic heterocycles. The number of rotatable bonds is 7. The summed E-state index contributed by atoms with van der Waals surface area (Å²) in [6.07, 6.45) is -0.404. The van der Waals surface area contributed by atoms with E-state index in [0.717, 1.165) is 18.4 Å². The summed E-state index contributed by atoms with van der Waals surface area (Å²) < 4.78 is 40.7. The van der Waals surface area contributed by atoms with Crippen molar-refractivity contribution >= 4 is 6.09 Å². The molecule has 1 aromatic rings. The van der Waals surface area contributed by atoms with Gasteiger partial charge in [0.15, 0.2) is 12.5 Å². The highest BCUT2D eigenvalue weighted by Crippen LogP contribution is 2.44. The minimum atomic E-state index is -0.723. The summed E-state index contributed by atoms with van der Waals surface area (Å²) in [4.78, 5) is 12.5. The summed E-state index contributed by atoms with van der Waals surface area (Å²) >= 11 is 0. The van der Waals surface area contributed by atoms with E-state index < -0.39 is 24.5 Å². The summed E-state index contributed by atoms with van der Waals surface area (Å²) in [5, 5.41) is 2.80. The SMILES string of the molecule is COC1CC[C@H](C[C@H]2O[C@@H]3C(NC(=O)OCc4ccccc4)OCO[C@@H]3[C@@H](OC)C2(C)C)O1. The number of hydrogen-bond donors (Lipinski definition) is 1.